The van der Waals surface area contributed by atoms with Crippen LogP contribution in [0.4, 0.5) is 0 Å². The van der Waals surface area contributed by atoms with Gasteiger partial charge in [0.25, 0.3) is 0 Å². The first-order chi connectivity index (χ1) is 9.70. The largest absolute Gasteiger partial charge is 0.355 e. The van der Waals surface area contributed by atoms with Crippen LogP contribution >= 0.6 is 0 Å². The zero-order chi connectivity index (χ0) is 13.9. The van der Waals surface area contributed by atoms with Crippen molar-refractivity contribution in [1.82, 2.24) is 10.3 Å². The number of para-hydroxylation sites is 1. The van der Waals surface area contributed by atoms with Gasteiger partial charge in [-0.3, -0.25) is 4.79 Å². The quantitative estimate of drug-likeness (QED) is 0.816. The van der Waals surface area contributed by atoms with E-state index in [4.69, 9.17) is 0 Å². The van der Waals surface area contributed by atoms with E-state index in [-0.39, 0.29) is 17.9 Å². The number of nitrogens with one attached hydrogen (secondary N) is 2. The van der Waals surface area contributed by atoms with Crippen molar-refractivity contribution < 1.29 is 4.79 Å². The Balaban J connectivity index is 2.02. The van der Waals surface area contributed by atoms with E-state index in [2.05, 4.69) is 42.0 Å². The van der Waals surface area contributed by atoms with E-state index in [1.54, 1.807) is 0 Å². The Morgan fingerprint density at radius 2 is 2.15 bits per heavy atom. The molecule has 102 valence electrons. The first-order valence-electron chi connectivity index (χ1n) is 7.29. The second-order valence-corrected chi connectivity index (χ2v) is 5.91. The normalized spacial score (nSPS) is 28.4. The summed E-state index contributed by atoms with van der Waals surface area (Å²) >= 11 is 0. The summed E-state index contributed by atoms with van der Waals surface area (Å²) in [7, 11) is 0. The molecule has 0 spiro atoms. The third-order valence-corrected chi connectivity index (χ3v) is 4.96. The molecule has 2 bridgehead atoms. The lowest BCUT2D eigenvalue weighted by Gasteiger charge is -2.43. The van der Waals surface area contributed by atoms with Gasteiger partial charge in [0.1, 0.15) is 0 Å². The van der Waals surface area contributed by atoms with Crippen LogP contribution in [0.3, 0.4) is 0 Å². The maximum Gasteiger partial charge on any atom is 0.221 e. The highest BCUT2D eigenvalue weighted by Gasteiger charge is 2.44. The maximum atomic E-state index is 12.0. The van der Waals surface area contributed by atoms with Crippen LogP contribution in [0.15, 0.2) is 30.8 Å². The number of hydrogen-bond acceptors (Lipinski definition) is 1. The first kappa shape index (κ1) is 11.8. The lowest BCUT2D eigenvalue weighted by molar-refractivity contribution is -0.125. The van der Waals surface area contributed by atoms with Crippen molar-refractivity contribution in [3.05, 3.63) is 42.1 Å². The molecular formula is C17H18N2O. The third kappa shape index (κ3) is 1.38. The Morgan fingerprint density at radius 3 is 2.95 bits per heavy atom. The average molecular weight is 266 g/mol. The highest BCUT2D eigenvalue weighted by Crippen LogP contribution is 2.51. The predicted octanol–water partition coefficient (Wildman–Crippen LogP) is 3.40. The Hall–Kier alpha value is -2.03. The van der Waals surface area contributed by atoms with E-state index in [0.29, 0.717) is 12.3 Å². The second kappa shape index (κ2) is 3.98. The second-order valence-electron chi connectivity index (χ2n) is 5.91. The zero-order valence-corrected chi connectivity index (χ0v) is 11.6. The molecule has 0 unspecified atom stereocenters. The van der Waals surface area contributed by atoms with Crippen molar-refractivity contribution in [3.63, 3.8) is 0 Å². The molecule has 2 aromatic rings. The summed E-state index contributed by atoms with van der Waals surface area (Å²) in [5, 5.41) is 4.42. The summed E-state index contributed by atoms with van der Waals surface area (Å²) in [6, 6.07) is 8.44. The van der Waals surface area contributed by atoms with Crippen molar-refractivity contribution in [3.8, 4) is 0 Å². The van der Waals surface area contributed by atoms with Gasteiger partial charge in [-0.2, -0.15) is 0 Å². The number of rotatable bonds is 1. The van der Waals surface area contributed by atoms with Crippen molar-refractivity contribution in [2.75, 3.05) is 0 Å². The number of carbonyl (C=O) groups is 1. The number of aromatic amines is 1. The Morgan fingerprint density at radius 1 is 1.35 bits per heavy atom. The van der Waals surface area contributed by atoms with Gasteiger partial charge in [-0.05, 0) is 23.5 Å². The molecule has 1 saturated heterocycles. The fourth-order valence-corrected chi connectivity index (χ4v) is 4.04. The molecule has 2 heterocycles. The van der Waals surface area contributed by atoms with Gasteiger partial charge in [-0.15, -0.1) is 0 Å². The van der Waals surface area contributed by atoms with Gasteiger partial charge in [-0.1, -0.05) is 38.1 Å². The molecule has 1 aromatic carbocycles. The lowest BCUT2D eigenvalue weighted by Crippen LogP contribution is -2.46. The molecule has 1 fully saturated rings. The van der Waals surface area contributed by atoms with Crippen LogP contribution in [0.25, 0.3) is 16.5 Å². The summed E-state index contributed by atoms with van der Waals surface area (Å²) in [6.45, 7) is 6.50. The summed E-state index contributed by atoms with van der Waals surface area (Å²) in [5.41, 5.74) is 4.62. The number of aromatic nitrogens is 1. The van der Waals surface area contributed by atoms with Crippen molar-refractivity contribution in [2.45, 2.75) is 25.8 Å². The lowest BCUT2D eigenvalue weighted by atomic mass is 9.67. The van der Waals surface area contributed by atoms with Gasteiger partial charge in [-0.25, -0.2) is 0 Å². The summed E-state index contributed by atoms with van der Waals surface area (Å²) in [6.07, 6.45) is 1.64. The topological polar surface area (TPSA) is 44.9 Å². The SMILES string of the molecule is C=C1c2[nH]c3ccccc3c2[C@@H]2NC(=O)C[C@H]1[C@@H]2CC. The van der Waals surface area contributed by atoms with E-state index in [0.717, 1.165) is 23.2 Å². The van der Waals surface area contributed by atoms with Crippen LogP contribution < -0.4 is 5.32 Å². The van der Waals surface area contributed by atoms with Gasteiger partial charge in [0.2, 0.25) is 5.91 Å². The number of benzene rings is 1. The summed E-state index contributed by atoms with van der Waals surface area (Å²) < 4.78 is 0. The van der Waals surface area contributed by atoms with E-state index in [1.165, 1.54) is 10.9 Å². The molecule has 3 nitrogen and oxygen atoms in total. The molecule has 20 heavy (non-hydrogen) atoms. The average Bonchev–Trinajstić information content (AvgIpc) is 2.84. The number of hydrogen-bond donors (Lipinski definition) is 2. The smallest absolute Gasteiger partial charge is 0.221 e. The Bertz CT molecular complexity index is 728. The van der Waals surface area contributed by atoms with Crippen molar-refractivity contribution >= 4 is 22.4 Å². The minimum Gasteiger partial charge on any atom is -0.355 e. The molecule has 1 aliphatic heterocycles. The number of carbonyl (C=O) groups excluding carboxylic acids is 1. The standard InChI is InChI=1S/C17H18N2O/c1-3-10-12-8-14(20)19-17(10)15-11-6-4-5-7-13(11)18-16(15)9(12)2/h4-7,10,12,17-18H,2-3,8H2,1H3,(H,19,20)/t10-,12+,17+/m0/s1. The molecule has 0 saturated carbocycles. The fraction of sp³-hybridized carbons (Fsp3) is 0.353. The maximum absolute atomic E-state index is 12.0. The van der Waals surface area contributed by atoms with Crippen LogP contribution in [0.2, 0.25) is 0 Å². The monoisotopic (exact) mass is 266 g/mol. The van der Waals surface area contributed by atoms with Gasteiger partial charge in [0, 0.05) is 28.6 Å². The van der Waals surface area contributed by atoms with Gasteiger partial charge in [0.05, 0.1) is 6.04 Å². The highest BCUT2D eigenvalue weighted by molar-refractivity contribution is 5.94. The molecule has 3 atom stereocenters. The molecule has 1 aliphatic carbocycles. The van der Waals surface area contributed by atoms with E-state index >= 15 is 0 Å². The molecule has 2 aliphatic rings. The molecule has 1 amide bonds. The van der Waals surface area contributed by atoms with Crippen LogP contribution in [-0.4, -0.2) is 10.9 Å². The molecule has 1 aromatic heterocycles. The third-order valence-electron chi connectivity index (χ3n) is 4.96. The van der Waals surface area contributed by atoms with Crippen LogP contribution in [0.1, 0.15) is 37.1 Å². The Kier molecular flexibility index (Phi) is 2.34. The van der Waals surface area contributed by atoms with Gasteiger partial charge in [0.15, 0.2) is 0 Å². The zero-order valence-electron chi connectivity index (χ0n) is 11.6. The highest BCUT2D eigenvalue weighted by atomic mass is 16.1. The predicted molar refractivity (Wildman–Crippen MR) is 80.1 cm³/mol. The number of allylic oxidation sites excluding steroid dienone is 1. The molecule has 0 radical (unpaired) electrons. The summed E-state index contributed by atoms with van der Waals surface area (Å²) in [4.78, 5) is 15.5. The van der Waals surface area contributed by atoms with E-state index in [1.807, 2.05) is 6.07 Å². The first-order valence-corrected chi connectivity index (χ1v) is 7.29. The van der Waals surface area contributed by atoms with Crippen molar-refractivity contribution in [2.24, 2.45) is 11.8 Å². The number of amides is 1. The van der Waals surface area contributed by atoms with E-state index in [9.17, 15) is 4.79 Å². The number of fused-ring (bicyclic) bond motifs is 6. The van der Waals surface area contributed by atoms with Crippen molar-refractivity contribution in [1.29, 1.82) is 0 Å². The minimum atomic E-state index is 0.128. The van der Waals surface area contributed by atoms with E-state index < -0.39 is 0 Å². The van der Waals surface area contributed by atoms with Crippen LogP contribution in [0.5, 0.6) is 0 Å². The number of piperidine rings is 1. The molecule has 2 N–H and O–H groups in total. The number of H-pyrrole nitrogens is 1. The minimum absolute atomic E-state index is 0.128. The van der Waals surface area contributed by atoms with Gasteiger partial charge < -0.3 is 10.3 Å². The van der Waals surface area contributed by atoms with Gasteiger partial charge >= 0.3 is 0 Å². The molecular weight excluding hydrogens is 248 g/mol. The summed E-state index contributed by atoms with van der Waals surface area (Å²) in [5.74, 6) is 0.896. The fourth-order valence-electron chi connectivity index (χ4n) is 4.04. The molecule has 3 heteroatoms. The molecule has 4 rings (SSSR count). The van der Waals surface area contributed by atoms with Crippen LogP contribution in [0, 0.1) is 11.8 Å². The Labute approximate surface area is 118 Å². The van der Waals surface area contributed by atoms with Crippen LogP contribution in [-0.2, 0) is 4.79 Å².